The number of hydrogen-bond acceptors (Lipinski definition) is 3. The third-order valence-electron chi connectivity index (χ3n) is 6.87. The standard InChI is InChI=1S/C20H34O3/c1-7-19(5,23)11-10-14-13(2)8-9-16-18(3,4)17(22)15(21)12-20(14,16)6/h7-8,14-17,21-23H,1,9-12H2,2-6H3. The Morgan fingerprint density at radius 2 is 1.96 bits per heavy atom. The Balaban J connectivity index is 2.33. The summed E-state index contributed by atoms with van der Waals surface area (Å²) in [5, 5.41) is 31.2. The molecule has 0 aliphatic heterocycles. The van der Waals surface area contributed by atoms with Gasteiger partial charge in [-0.25, -0.2) is 0 Å². The molecular formula is C20H34O3. The van der Waals surface area contributed by atoms with Gasteiger partial charge in [0.15, 0.2) is 0 Å². The second-order valence-corrected chi connectivity index (χ2v) is 8.93. The van der Waals surface area contributed by atoms with Crippen molar-refractivity contribution < 1.29 is 15.3 Å². The lowest BCUT2D eigenvalue weighted by Crippen LogP contribution is -2.59. The lowest BCUT2D eigenvalue weighted by molar-refractivity contribution is -0.175. The number of fused-ring (bicyclic) bond motifs is 1. The summed E-state index contributed by atoms with van der Waals surface area (Å²) in [4.78, 5) is 0. The van der Waals surface area contributed by atoms with Gasteiger partial charge in [-0.05, 0) is 62.2 Å². The van der Waals surface area contributed by atoms with Crippen LogP contribution in [0.2, 0.25) is 0 Å². The van der Waals surface area contributed by atoms with Gasteiger partial charge in [0.05, 0.1) is 17.8 Å². The molecule has 0 amide bonds. The van der Waals surface area contributed by atoms with Crippen LogP contribution >= 0.6 is 0 Å². The maximum Gasteiger partial charge on any atom is 0.0853 e. The average molecular weight is 322 g/mol. The van der Waals surface area contributed by atoms with Gasteiger partial charge in [0.25, 0.3) is 0 Å². The van der Waals surface area contributed by atoms with Crippen LogP contribution in [0.15, 0.2) is 24.3 Å². The van der Waals surface area contributed by atoms with Crippen molar-refractivity contribution in [3.63, 3.8) is 0 Å². The van der Waals surface area contributed by atoms with E-state index in [1.54, 1.807) is 13.0 Å². The van der Waals surface area contributed by atoms with Crippen molar-refractivity contribution in [2.24, 2.45) is 22.7 Å². The number of aliphatic hydroxyl groups excluding tert-OH is 2. The maximum absolute atomic E-state index is 10.5. The van der Waals surface area contributed by atoms with Crippen LogP contribution in [0.4, 0.5) is 0 Å². The van der Waals surface area contributed by atoms with E-state index in [1.807, 2.05) is 0 Å². The number of hydrogen-bond donors (Lipinski definition) is 3. The molecule has 6 unspecified atom stereocenters. The highest BCUT2D eigenvalue weighted by Crippen LogP contribution is 2.60. The molecule has 23 heavy (non-hydrogen) atoms. The highest BCUT2D eigenvalue weighted by atomic mass is 16.3. The van der Waals surface area contributed by atoms with Crippen LogP contribution in [0.3, 0.4) is 0 Å². The van der Waals surface area contributed by atoms with Crippen molar-refractivity contribution in [1.82, 2.24) is 0 Å². The molecular weight excluding hydrogens is 288 g/mol. The maximum atomic E-state index is 10.5. The van der Waals surface area contributed by atoms with Crippen molar-refractivity contribution >= 4 is 0 Å². The predicted molar refractivity (Wildman–Crippen MR) is 93.9 cm³/mol. The second-order valence-electron chi connectivity index (χ2n) is 8.93. The van der Waals surface area contributed by atoms with Gasteiger partial charge in [0, 0.05) is 0 Å². The quantitative estimate of drug-likeness (QED) is 0.695. The highest BCUT2D eigenvalue weighted by Gasteiger charge is 2.57. The van der Waals surface area contributed by atoms with Crippen molar-refractivity contribution in [3.8, 4) is 0 Å². The number of allylic oxidation sites excluding steroid dienone is 2. The van der Waals surface area contributed by atoms with Crippen molar-refractivity contribution in [3.05, 3.63) is 24.3 Å². The van der Waals surface area contributed by atoms with E-state index in [0.717, 1.165) is 12.8 Å². The fourth-order valence-corrected chi connectivity index (χ4v) is 5.28. The lowest BCUT2D eigenvalue weighted by Gasteiger charge is -2.60. The molecule has 2 aliphatic rings. The minimum atomic E-state index is -0.855. The molecule has 0 radical (unpaired) electrons. The van der Waals surface area contributed by atoms with Crippen LogP contribution in [-0.4, -0.2) is 33.1 Å². The first-order valence-corrected chi connectivity index (χ1v) is 8.84. The Hall–Kier alpha value is -0.640. The molecule has 0 aromatic heterocycles. The topological polar surface area (TPSA) is 60.7 Å². The summed E-state index contributed by atoms with van der Waals surface area (Å²) in [5.41, 5.74) is 0.121. The summed E-state index contributed by atoms with van der Waals surface area (Å²) >= 11 is 0. The van der Waals surface area contributed by atoms with E-state index in [9.17, 15) is 15.3 Å². The molecule has 3 N–H and O–H groups in total. The first kappa shape index (κ1) is 18.7. The first-order chi connectivity index (χ1) is 10.5. The summed E-state index contributed by atoms with van der Waals surface area (Å²) in [5.74, 6) is 0.643. The van der Waals surface area contributed by atoms with Gasteiger partial charge in [0.2, 0.25) is 0 Å². The van der Waals surface area contributed by atoms with Gasteiger partial charge in [0.1, 0.15) is 0 Å². The number of aliphatic hydroxyl groups is 3. The van der Waals surface area contributed by atoms with Crippen molar-refractivity contribution in [1.29, 1.82) is 0 Å². The molecule has 0 heterocycles. The highest BCUT2D eigenvalue weighted by molar-refractivity contribution is 5.20. The largest absolute Gasteiger partial charge is 0.390 e. The van der Waals surface area contributed by atoms with Crippen LogP contribution in [0.1, 0.15) is 60.3 Å². The molecule has 0 aromatic carbocycles. The van der Waals surface area contributed by atoms with Crippen LogP contribution in [0.5, 0.6) is 0 Å². The van der Waals surface area contributed by atoms with Gasteiger partial charge in [-0.2, -0.15) is 0 Å². The average Bonchev–Trinajstić information content (AvgIpc) is 2.44. The van der Waals surface area contributed by atoms with E-state index in [0.29, 0.717) is 24.7 Å². The summed E-state index contributed by atoms with van der Waals surface area (Å²) in [7, 11) is 0. The Morgan fingerprint density at radius 3 is 2.52 bits per heavy atom. The second kappa shape index (κ2) is 6.02. The van der Waals surface area contributed by atoms with Gasteiger partial charge in [-0.1, -0.05) is 38.5 Å². The lowest BCUT2D eigenvalue weighted by atomic mass is 9.46. The predicted octanol–water partition coefficient (Wildman–Crippen LogP) is 3.44. The van der Waals surface area contributed by atoms with E-state index in [2.05, 4.69) is 40.3 Å². The third-order valence-corrected chi connectivity index (χ3v) is 6.87. The summed E-state index contributed by atoms with van der Waals surface area (Å²) in [6.07, 6.45) is 5.65. The fraction of sp³-hybridized carbons (Fsp3) is 0.800. The minimum absolute atomic E-state index is 0.0573. The van der Waals surface area contributed by atoms with E-state index in [1.165, 1.54) is 5.57 Å². The first-order valence-electron chi connectivity index (χ1n) is 8.84. The van der Waals surface area contributed by atoms with Crippen LogP contribution in [-0.2, 0) is 0 Å². The van der Waals surface area contributed by atoms with E-state index >= 15 is 0 Å². The van der Waals surface area contributed by atoms with E-state index < -0.39 is 17.8 Å². The molecule has 0 bridgehead atoms. The van der Waals surface area contributed by atoms with E-state index in [-0.39, 0.29) is 10.8 Å². The number of rotatable bonds is 4. The molecule has 3 heteroatoms. The zero-order valence-electron chi connectivity index (χ0n) is 15.3. The minimum Gasteiger partial charge on any atom is -0.390 e. The summed E-state index contributed by atoms with van der Waals surface area (Å²) < 4.78 is 0. The van der Waals surface area contributed by atoms with Gasteiger partial charge in [-0.3, -0.25) is 0 Å². The van der Waals surface area contributed by atoms with Crippen LogP contribution in [0.25, 0.3) is 0 Å². The molecule has 2 aliphatic carbocycles. The molecule has 2 rings (SSSR count). The van der Waals surface area contributed by atoms with E-state index in [4.69, 9.17) is 0 Å². The molecule has 6 atom stereocenters. The molecule has 3 nitrogen and oxygen atoms in total. The van der Waals surface area contributed by atoms with Gasteiger partial charge >= 0.3 is 0 Å². The molecule has 132 valence electrons. The Kier molecular flexibility index (Phi) is 4.89. The molecule has 0 spiro atoms. The molecule has 1 saturated carbocycles. The molecule has 0 saturated heterocycles. The van der Waals surface area contributed by atoms with Crippen LogP contribution < -0.4 is 0 Å². The summed E-state index contributed by atoms with van der Waals surface area (Å²) in [6, 6.07) is 0. The smallest absolute Gasteiger partial charge is 0.0853 e. The Labute approximate surface area is 141 Å². The zero-order chi connectivity index (χ0) is 17.6. The zero-order valence-corrected chi connectivity index (χ0v) is 15.3. The van der Waals surface area contributed by atoms with Crippen molar-refractivity contribution in [2.45, 2.75) is 78.1 Å². The van der Waals surface area contributed by atoms with Gasteiger partial charge in [-0.15, -0.1) is 6.58 Å². The Bertz CT molecular complexity index is 491. The molecule has 0 aromatic rings. The monoisotopic (exact) mass is 322 g/mol. The normalized spacial score (nSPS) is 42.3. The Morgan fingerprint density at radius 1 is 1.35 bits per heavy atom. The van der Waals surface area contributed by atoms with Crippen LogP contribution in [0, 0.1) is 22.7 Å². The fourth-order valence-electron chi connectivity index (χ4n) is 5.28. The third kappa shape index (κ3) is 3.16. The molecule has 1 fully saturated rings. The van der Waals surface area contributed by atoms with Crippen molar-refractivity contribution in [2.75, 3.05) is 0 Å². The van der Waals surface area contributed by atoms with Gasteiger partial charge < -0.3 is 15.3 Å². The summed E-state index contributed by atoms with van der Waals surface area (Å²) in [6.45, 7) is 14.1. The SMILES string of the molecule is C=CC(C)(O)CCC1C(C)=CCC2C(C)(C)C(O)C(O)CC12C.